The summed E-state index contributed by atoms with van der Waals surface area (Å²) >= 11 is 0. The smallest absolute Gasteiger partial charge is 0.0596 e. The summed E-state index contributed by atoms with van der Waals surface area (Å²) in [7, 11) is 0. The van der Waals surface area contributed by atoms with Crippen LogP contribution >= 0.6 is 0 Å². The van der Waals surface area contributed by atoms with Gasteiger partial charge in [-0.25, -0.2) is 0 Å². The van der Waals surface area contributed by atoms with Crippen LogP contribution in [0.3, 0.4) is 0 Å². The quantitative estimate of drug-likeness (QED) is 0.925. The average molecular weight is 300 g/mol. The molecule has 0 unspecified atom stereocenters. The Morgan fingerprint density at radius 1 is 1.14 bits per heavy atom. The van der Waals surface area contributed by atoms with Gasteiger partial charge in [0.15, 0.2) is 0 Å². The molecule has 2 aliphatic heterocycles. The van der Waals surface area contributed by atoms with Gasteiger partial charge in [-0.1, -0.05) is 0 Å². The second-order valence-electron chi connectivity index (χ2n) is 7.27. The lowest BCUT2D eigenvalue weighted by molar-refractivity contribution is 0.248. The van der Waals surface area contributed by atoms with E-state index in [0.29, 0.717) is 6.04 Å². The lowest BCUT2D eigenvalue weighted by Gasteiger charge is -2.36. The lowest BCUT2D eigenvalue weighted by atomic mass is 10.1. The number of nitrogens with zero attached hydrogens (tertiary/aromatic N) is 3. The van der Waals surface area contributed by atoms with Crippen molar-refractivity contribution >= 4 is 5.69 Å². The van der Waals surface area contributed by atoms with Crippen LogP contribution in [0.15, 0.2) is 12.1 Å². The van der Waals surface area contributed by atoms with E-state index in [4.69, 9.17) is 4.98 Å². The third kappa shape index (κ3) is 3.28. The zero-order valence-corrected chi connectivity index (χ0v) is 13.7. The third-order valence-corrected chi connectivity index (χ3v) is 5.33. The van der Waals surface area contributed by atoms with Gasteiger partial charge < -0.3 is 10.2 Å². The van der Waals surface area contributed by atoms with Gasteiger partial charge in [0.2, 0.25) is 0 Å². The molecule has 1 saturated carbocycles. The minimum absolute atomic E-state index is 0.467. The Morgan fingerprint density at radius 2 is 1.95 bits per heavy atom. The van der Waals surface area contributed by atoms with Gasteiger partial charge in [-0.2, -0.15) is 0 Å². The van der Waals surface area contributed by atoms with E-state index >= 15 is 0 Å². The first-order chi connectivity index (χ1) is 10.8. The summed E-state index contributed by atoms with van der Waals surface area (Å²) in [5.41, 5.74) is 3.77. The van der Waals surface area contributed by atoms with E-state index in [-0.39, 0.29) is 0 Å². The molecule has 1 aliphatic carbocycles. The number of anilines is 1. The molecule has 1 aromatic rings. The van der Waals surface area contributed by atoms with Gasteiger partial charge in [-0.05, 0) is 57.2 Å². The average Bonchev–Trinajstić information content (AvgIpc) is 3.17. The summed E-state index contributed by atoms with van der Waals surface area (Å²) in [6, 6.07) is 5.05. The maximum Gasteiger partial charge on any atom is 0.0596 e. The molecule has 0 amide bonds. The molecule has 0 aromatic carbocycles. The number of aromatic nitrogens is 1. The molecule has 4 heteroatoms. The first kappa shape index (κ1) is 14.5. The Labute approximate surface area is 133 Å². The van der Waals surface area contributed by atoms with Crippen LogP contribution in [0.2, 0.25) is 0 Å². The van der Waals surface area contributed by atoms with Gasteiger partial charge in [0.1, 0.15) is 0 Å². The normalized spacial score (nSPS) is 26.6. The van der Waals surface area contributed by atoms with Crippen molar-refractivity contribution in [1.82, 2.24) is 15.2 Å². The number of piperazine rings is 1. The van der Waals surface area contributed by atoms with Gasteiger partial charge in [0.05, 0.1) is 5.69 Å². The highest BCUT2D eigenvalue weighted by atomic mass is 15.3. The fraction of sp³-hybridized carbons (Fsp3) is 0.722. The van der Waals surface area contributed by atoms with Gasteiger partial charge in [-0.3, -0.25) is 9.88 Å². The monoisotopic (exact) mass is 300 g/mol. The molecule has 22 heavy (non-hydrogen) atoms. The third-order valence-electron chi connectivity index (χ3n) is 5.33. The van der Waals surface area contributed by atoms with Gasteiger partial charge in [-0.15, -0.1) is 0 Å². The van der Waals surface area contributed by atoms with Gasteiger partial charge in [0.25, 0.3) is 0 Å². The first-order valence-corrected chi connectivity index (χ1v) is 8.97. The maximum absolute atomic E-state index is 4.77. The van der Waals surface area contributed by atoms with Crippen molar-refractivity contribution in [2.24, 2.45) is 5.92 Å². The summed E-state index contributed by atoms with van der Waals surface area (Å²) in [4.78, 5) is 9.98. The highest BCUT2D eigenvalue weighted by molar-refractivity contribution is 5.49. The van der Waals surface area contributed by atoms with Crippen molar-refractivity contribution < 1.29 is 0 Å². The highest BCUT2D eigenvalue weighted by Gasteiger charge is 2.27. The summed E-state index contributed by atoms with van der Waals surface area (Å²) in [5.74, 6) is 1.01. The highest BCUT2D eigenvalue weighted by Crippen LogP contribution is 2.30. The molecule has 4 nitrogen and oxygen atoms in total. The second-order valence-corrected chi connectivity index (χ2v) is 7.27. The van der Waals surface area contributed by atoms with Crippen molar-refractivity contribution in [3.8, 4) is 0 Å². The topological polar surface area (TPSA) is 31.4 Å². The van der Waals surface area contributed by atoms with Crippen LogP contribution in [-0.4, -0.2) is 49.2 Å². The molecule has 2 saturated heterocycles. The largest absolute Gasteiger partial charge is 0.369 e. The molecule has 3 heterocycles. The van der Waals surface area contributed by atoms with Crippen molar-refractivity contribution in [3.63, 3.8) is 0 Å². The molecule has 4 rings (SSSR count). The number of pyridine rings is 1. The van der Waals surface area contributed by atoms with Crippen LogP contribution < -0.4 is 10.2 Å². The van der Waals surface area contributed by atoms with Crippen LogP contribution in [0.4, 0.5) is 5.69 Å². The number of rotatable bonds is 4. The van der Waals surface area contributed by atoms with Gasteiger partial charge in [0, 0.05) is 50.1 Å². The Morgan fingerprint density at radius 3 is 2.64 bits per heavy atom. The van der Waals surface area contributed by atoms with E-state index in [1.54, 1.807) is 0 Å². The van der Waals surface area contributed by atoms with Crippen molar-refractivity contribution in [1.29, 1.82) is 0 Å². The van der Waals surface area contributed by atoms with Crippen LogP contribution in [0.1, 0.15) is 43.1 Å². The standard InChI is InChI=1S/C18H28N4/c1-14-11-16(12-18(20-14)17-3-2-6-19-17)22-9-7-21(8-10-22)13-15-4-5-15/h11-12,15,17,19H,2-10,13H2,1H3/t17-/m1/s1. The summed E-state index contributed by atoms with van der Waals surface area (Å²) in [6.07, 6.45) is 5.42. The van der Waals surface area contributed by atoms with Crippen LogP contribution in [-0.2, 0) is 0 Å². The van der Waals surface area contributed by atoms with Gasteiger partial charge >= 0.3 is 0 Å². The molecule has 120 valence electrons. The van der Waals surface area contributed by atoms with Crippen LogP contribution in [0, 0.1) is 12.8 Å². The number of aryl methyl sites for hydroxylation is 1. The zero-order valence-electron chi connectivity index (χ0n) is 13.7. The fourth-order valence-corrected chi connectivity index (χ4v) is 3.83. The number of hydrogen-bond acceptors (Lipinski definition) is 4. The minimum Gasteiger partial charge on any atom is -0.369 e. The Kier molecular flexibility index (Phi) is 4.05. The van der Waals surface area contributed by atoms with E-state index in [1.165, 1.54) is 56.7 Å². The predicted octanol–water partition coefficient (Wildman–Crippen LogP) is 2.35. The fourth-order valence-electron chi connectivity index (χ4n) is 3.83. The van der Waals surface area contributed by atoms with Crippen molar-refractivity contribution in [2.45, 2.75) is 38.6 Å². The van der Waals surface area contributed by atoms with E-state index < -0.39 is 0 Å². The summed E-state index contributed by atoms with van der Waals surface area (Å²) in [6.45, 7) is 9.35. The SMILES string of the molecule is Cc1cc(N2CCN(CC3CC3)CC2)cc([C@H]2CCCN2)n1. The molecule has 1 aromatic heterocycles. The Balaban J connectivity index is 1.43. The number of nitrogens with one attached hydrogen (secondary N) is 1. The molecule has 1 N–H and O–H groups in total. The zero-order chi connectivity index (χ0) is 14.9. The van der Waals surface area contributed by atoms with Crippen LogP contribution in [0.5, 0.6) is 0 Å². The Hall–Kier alpha value is -1.13. The van der Waals surface area contributed by atoms with Crippen LogP contribution in [0.25, 0.3) is 0 Å². The molecule has 0 spiro atoms. The Bertz CT molecular complexity index is 512. The minimum atomic E-state index is 0.467. The van der Waals surface area contributed by atoms with Crippen molar-refractivity contribution in [2.75, 3.05) is 44.2 Å². The summed E-state index contributed by atoms with van der Waals surface area (Å²) < 4.78 is 0. The van der Waals surface area contributed by atoms with Crippen molar-refractivity contribution in [3.05, 3.63) is 23.5 Å². The molecule has 0 bridgehead atoms. The predicted molar refractivity (Wildman–Crippen MR) is 90.3 cm³/mol. The lowest BCUT2D eigenvalue weighted by Crippen LogP contribution is -2.47. The molecular weight excluding hydrogens is 272 g/mol. The number of hydrogen-bond donors (Lipinski definition) is 1. The molecule has 3 aliphatic rings. The molecule has 1 atom stereocenters. The first-order valence-electron chi connectivity index (χ1n) is 8.97. The van der Waals surface area contributed by atoms with E-state index in [0.717, 1.165) is 31.2 Å². The summed E-state index contributed by atoms with van der Waals surface area (Å²) in [5, 5.41) is 3.58. The van der Waals surface area contributed by atoms with E-state index in [2.05, 4.69) is 34.2 Å². The second kappa shape index (κ2) is 6.17. The maximum atomic E-state index is 4.77. The van der Waals surface area contributed by atoms with E-state index in [9.17, 15) is 0 Å². The molecule has 0 radical (unpaired) electrons. The van der Waals surface area contributed by atoms with E-state index in [1.807, 2.05) is 0 Å². The molecular formula is C18H28N4. The molecule has 3 fully saturated rings.